The molecule has 10 heteroatoms. The Kier molecular flexibility index (Phi) is 6.86. The molecule has 1 saturated carbocycles. The van der Waals surface area contributed by atoms with Gasteiger partial charge in [-0.1, -0.05) is 19.9 Å². The third kappa shape index (κ3) is 5.04. The molecule has 1 aliphatic heterocycles. The predicted octanol–water partition coefficient (Wildman–Crippen LogP) is 3.94. The third-order valence-corrected chi connectivity index (χ3v) is 8.97. The van der Waals surface area contributed by atoms with Gasteiger partial charge in [0.2, 0.25) is 0 Å². The van der Waals surface area contributed by atoms with Crippen LogP contribution in [0.1, 0.15) is 44.0 Å². The number of anilines is 1. The van der Waals surface area contributed by atoms with E-state index in [0.29, 0.717) is 48.3 Å². The quantitative estimate of drug-likeness (QED) is 0.311. The Hall–Kier alpha value is -3.34. The number of carbonyl (C=O) groups is 1. The minimum atomic E-state index is -0.652. The Bertz CT molecular complexity index is 1470. The zero-order valence-electron chi connectivity index (χ0n) is 22.7. The molecule has 4 aromatic heterocycles. The molecule has 0 aromatic carbocycles. The molecule has 4 aromatic rings. The summed E-state index contributed by atoms with van der Waals surface area (Å²) in [7, 11) is 0. The van der Waals surface area contributed by atoms with Crippen LogP contribution in [0.25, 0.3) is 27.5 Å². The van der Waals surface area contributed by atoms with E-state index in [1.54, 1.807) is 22.0 Å². The van der Waals surface area contributed by atoms with Crippen LogP contribution in [0.15, 0.2) is 48.1 Å². The van der Waals surface area contributed by atoms with Crippen LogP contribution in [0.2, 0.25) is 0 Å². The van der Waals surface area contributed by atoms with Crippen molar-refractivity contribution in [2.45, 2.75) is 45.3 Å². The standard InChI is InChI=1S/C29H35N7O2S/c1-4-34(5-2)19(3)15-30-28(37)20-13-24(32-26(14-20)35-17-29(38,18-35)21-8-9-21)22-16-31-36-11-10-23(33-27(22)36)25-7-6-12-39-25/h6-7,10-14,16,19,21,38H,4-5,8-9,15,17-18H2,1-3H3,(H,30,37). The zero-order valence-corrected chi connectivity index (χ0v) is 23.5. The zero-order chi connectivity index (χ0) is 27.1. The molecule has 0 spiro atoms. The number of aliphatic hydroxyl groups is 1. The Labute approximate surface area is 232 Å². The molecule has 2 aliphatic rings. The van der Waals surface area contributed by atoms with Crippen molar-refractivity contribution in [3.8, 4) is 21.8 Å². The van der Waals surface area contributed by atoms with Gasteiger partial charge in [-0.2, -0.15) is 5.10 Å². The molecular formula is C29H35N7O2S. The number of aromatic nitrogens is 4. The first-order valence-electron chi connectivity index (χ1n) is 13.8. The number of amides is 1. The molecule has 6 rings (SSSR count). The van der Waals surface area contributed by atoms with Crippen molar-refractivity contribution in [1.82, 2.24) is 29.8 Å². The molecular weight excluding hydrogens is 510 g/mol. The van der Waals surface area contributed by atoms with Gasteiger partial charge in [0, 0.05) is 24.3 Å². The molecule has 5 heterocycles. The highest BCUT2D eigenvalue weighted by Crippen LogP contribution is 2.45. The summed E-state index contributed by atoms with van der Waals surface area (Å²) >= 11 is 1.64. The summed E-state index contributed by atoms with van der Waals surface area (Å²) in [6.07, 6.45) is 5.82. The Morgan fingerprint density at radius 3 is 2.69 bits per heavy atom. The molecule has 2 N–H and O–H groups in total. The van der Waals surface area contributed by atoms with Gasteiger partial charge in [-0.25, -0.2) is 14.5 Å². The lowest BCUT2D eigenvalue weighted by atomic mass is 9.88. The van der Waals surface area contributed by atoms with Gasteiger partial charge in [0.05, 0.1) is 41.1 Å². The normalized spacial score (nSPS) is 17.4. The number of pyridine rings is 1. The molecule has 9 nitrogen and oxygen atoms in total. The number of hydrogen-bond acceptors (Lipinski definition) is 8. The summed E-state index contributed by atoms with van der Waals surface area (Å²) in [4.78, 5) is 28.7. The number of nitrogens with zero attached hydrogens (tertiary/aromatic N) is 6. The molecule has 1 saturated heterocycles. The van der Waals surface area contributed by atoms with Crippen molar-refractivity contribution in [2.24, 2.45) is 5.92 Å². The van der Waals surface area contributed by atoms with Gasteiger partial charge in [-0.3, -0.25) is 9.69 Å². The highest BCUT2D eigenvalue weighted by molar-refractivity contribution is 7.13. The number of hydrogen-bond donors (Lipinski definition) is 2. The summed E-state index contributed by atoms with van der Waals surface area (Å²) in [5.74, 6) is 0.926. The van der Waals surface area contributed by atoms with Crippen LogP contribution in [0.3, 0.4) is 0 Å². The van der Waals surface area contributed by atoms with E-state index in [9.17, 15) is 9.90 Å². The lowest BCUT2D eigenvalue weighted by Gasteiger charge is -2.47. The van der Waals surface area contributed by atoms with E-state index in [2.05, 4.69) is 41.0 Å². The molecule has 1 amide bonds. The average molecular weight is 546 g/mol. The van der Waals surface area contributed by atoms with Gasteiger partial charge in [-0.05, 0) is 68.4 Å². The van der Waals surface area contributed by atoms with Gasteiger partial charge in [0.1, 0.15) is 11.4 Å². The van der Waals surface area contributed by atoms with Gasteiger partial charge in [0.25, 0.3) is 5.91 Å². The first-order valence-corrected chi connectivity index (χ1v) is 14.7. The molecule has 204 valence electrons. The summed E-state index contributed by atoms with van der Waals surface area (Å²) in [6.45, 7) is 9.89. The summed E-state index contributed by atoms with van der Waals surface area (Å²) < 4.78 is 1.74. The van der Waals surface area contributed by atoms with Crippen LogP contribution in [0, 0.1) is 5.92 Å². The second-order valence-corrected chi connectivity index (χ2v) is 11.7. The van der Waals surface area contributed by atoms with Crippen molar-refractivity contribution in [3.05, 3.63) is 53.7 Å². The van der Waals surface area contributed by atoms with Gasteiger partial charge in [0.15, 0.2) is 5.65 Å². The van der Waals surface area contributed by atoms with E-state index in [-0.39, 0.29) is 11.9 Å². The van der Waals surface area contributed by atoms with E-state index in [0.717, 1.165) is 42.1 Å². The van der Waals surface area contributed by atoms with Crippen molar-refractivity contribution >= 4 is 28.7 Å². The van der Waals surface area contributed by atoms with Crippen LogP contribution >= 0.6 is 11.3 Å². The molecule has 1 atom stereocenters. The molecule has 0 radical (unpaired) electrons. The Morgan fingerprint density at radius 2 is 2.00 bits per heavy atom. The van der Waals surface area contributed by atoms with Crippen molar-refractivity contribution in [3.63, 3.8) is 0 Å². The maximum absolute atomic E-state index is 13.4. The molecule has 2 fully saturated rings. The second-order valence-electron chi connectivity index (χ2n) is 10.7. The summed E-state index contributed by atoms with van der Waals surface area (Å²) in [5, 5.41) is 20.6. The SMILES string of the molecule is CCN(CC)C(C)CNC(=O)c1cc(-c2cnn3ccc(-c4cccs4)nc23)nc(N2CC(O)(C3CC3)C2)c1. The first kappa shape index (κ1) is 25.9. The lowest BCUT2D eigenvalue weighted by Crippen LogP contribution is -2.63. The fourth-order valence-corrected chi connectivity index (χ4v) is 6.23. The number of nitrogens with one attached hydrogen (secondary N) is 1. The van der Waals surface area contributed by atoms with E-state index in [1.165, 1.54) is 0 Å². The minimum absolute atomic E-state index is 0.138. The summed E-state index contributed by atoms with van der Waals surface area (Å²) in [5.41, 5.74) is 2.85. The fraction of sp³-hybridized carbons (Fsp3) is 0.448. The van der Waals surface area contributed by atoms with E-state index < -0.39 is 5.60 Å². The number of fused-ring (bicyclic) bond motifs is 1. The van der Waals surface area contributed by atoms with Gasteiger partial charge in [-0.15, -0.1) is 11.3 Å². The number of rotatable bonds is 10. The maximum Gasteiger partial charge on any atom is 0.251 e. The maximum atomic E-state index is 13.4. The average Bonchev–Trinajstić information content (AvgIpc) is 3.48. The monoisotopic (exact) mass is 545 g/mol. The molecule has 39 heavy (non-hydrogen) atoms. The number of thiophene rings is 1. The minimum Gasteiger partial charge on any atom is -0.386 e. The molecule has 0 bridgehead atoms. The van der Waals surface area contributed by atoms with Crippen LogP contribution in [0.5, 0.6) is 0 Å². The van der Waals surface area contributed by atoms with Crippen LogP contribution < -0.4 is 10.2 Å². The fourth-order valence-electron chi connectivity index (χ4n) is 5.53. The first-order chi connectivity index (χ1) is 18.9. The molecule has 1 aliphatic carbocycles. The Balaban J connectivity index is 1.34. The van der Waals surface area contributed by atoms with Crippen molar-refractivity contribution in [1.29, 1.82) is 0 Å². The number of likely N-dealkylation sites (N-methyl/N-ethyl adjacent to an activating group) is 1. The van der Waals surface area contributed by atoms with Crippen molar-refractivity contribution in [2.75, 3.05) is 37.6 Å². The number of carbonyl (C=O) groups excluding carboxylic acids is 1. The second kappa shape index (κ2) is 10.3. The van der Waals surface area contributed by atoms with Gasteiger partial charge < -0.3 is 15.3 Å². The summed E-state index contributed by atoms with van der Waals surface area (Å²) in [6, 6.07) is 9.90. The predicted molar refractivity (Wildman–Crippen MR) is 154 cm³/mol. The van der Waals surface area contributed by atoms with E-state index in [1.807, 2.05) is 41.9 Å². The smallest absolute Gasteiger partial charge is 0.251 e. The van der Waals surface area contributed by atoms with E-state index >= 15 is 0 Å². The molecule has 1 unspecified atom stereocenters. The van der Waals surface area contributed by atoms with Crippen molar-refractivity contribution < 1.29 is 9.90 Å². The van der Waals surface area contributed by atoms with Crippen LogP contribution in [-0.2, 0) is 0 Å². The lowest BCUT2D eigenvalue weighted by molar-refractivity contribution is -0.00973. The largest absolute Gasteiger partial charge is 0.386 e. The van der Waals surface area contributed by atoms with E-state index in [4.69, 9.17) is 9.97 Å². The van der Waals surface area contributed by atoms with Gasteiger partial charge >= 0.3 is 0 Å². The number of β-amino-alcohol motifs (C(OH)–C–C–N with tert-alkyl or cyclic N) is 1. The third-order valence-electron chi connectivity index (χ3n) is 8.08. The van der Waals surface area contributed by atoms with Crippen LogP contribution in [-0.4, -0.2) is 79.9 Å². The highest BCUT2D eigenvalue weighted by atomic mass is 32.1. The van der Waals surface area contributed by atoms with Crippen LogP contribution in [0.4, 0.5) is 5.82 Å². The highest BCUT2D eigenvalue weighted by Gasteiger charge is 2.52. The Morgan fingerprint density at radius 1 is 1.21 bits per heavy atom. The topological polar surface area (TPSA) is 98.9 Å².